The molecule has 4 aromatic rings. The molecular formula is C20H17N3O4S. The van der Waals surface area contributed by atoms with E-state index in [1.165, 1.54) is 17.4 Å². The van der Waals surface area contributed by atoms with E-state index in [2.05, 4.69) is 15.0 Å². The first-order chi connectivity index (χ1) is 13.3. The van der Waals surface area contributed by atoms with Crippen LogP contribution in [0, 0.1) is 13.8 Å². The van der Waals surface area contributed by atoms with Crippen LogP contribution in [0.15, 0.2) is 39.9 Å². The van der Waals surface area contributed by atoms with Crippen LogP contribution >= 0.6 is 11.3 Å². The molecule has 3 heterocycles. The largest absolute Gasteiger partial charge is 0.450 e. The van der Waals surface area contributed by atoms with Crippen LogP contribution < -0.4 is 11.0 Å². The molecule has 8 heteroatoms. The van der Waals surface area contributed by atoms with E-state index in [0.717, 1.165) is 10.4 Å². The molecule has 0 radical (unpaired) electrons. The Bertz CT molecular complexity index is 1350. The lowest BCUT2D eigenvalue weighted by Gasteiger charge is -2.13. The third-order valence-corrected chi connectivity index (χ3v) is 5.78. The monoisotopic (exact) mass is 395 g/mol. The highest BCUT2D eigenvalue weighted by Gasteiger charge is 2.20. The molecular weight excluding hydrogens is 378 g/mol. The van der Waals surface area contributed by atoms with E-state index in [-0.39, 0.29) is 22.5 Å². The Balaban J connectivity index is 1.66. The quantitative estimate of drug-likeness (QED) is 0.518. The number of rotatable bonds is 3. The lowest BCUT2D eigenvalue weighted by atomic mass is 10.2. The van der Waals surface area contributed by atoms with E-state index in [9.17, 15) is 14.4 Å². The molecule has 0 aliphatic heterocycles. The number of aryl methyl sites for hydroxylation is 2. The van der Waals surface area contributed by atoms with Gasteiger partial charge in [0.25, 0.3) is 5.56 Å². The fourth-order valence-corrected chi connectivity index (χ4v) is 4.09. The topological polar surface area (TPSA) is 105 Å². The van der Waals surface area contributed by atoms with Crippen molar-refractivity contribution in [3.63, 3.8) is 0 Å². The van der Waals surface area contributed by atoms with E-state index < -0.39 is 12.1 Å². The molecule has 0 saturated heterocycles. The standard InChI is InChI=1S/C20H17N3O4S/c1-9-11(3)28-19-16(9)18(25)22-17(23-19)10(2)27-20(26)14-8-15(24)12-6-4-5-7-13(12)21-14/h4-8,10H,1-3H3,(H,21,24)(H,22,23,25)/t10-/m0/s1. The van der Waals surface area contributed by atoms with Gasteiger partial charge in [0.1, 0.15) is 10.5 Å². The lowest BCUT2D eigenvalue weighted by molar-refractivity contribution is 0.0313. The third kappa shape index (κ3) is 3.01. The van der Waals surface area contributed by atoms with E-state index >= 15 is 0 Å². The number of hydrogen-bond donors (Lipinski definition) is 2. The van der Waals surface area contributed by atoms with Gasteiger partial charge in [0.05, 0.1) is 5.39 Å². The maximum Gasteiger partial charge on any atom is 0.355 e. The molecule has 7 nitrogen and oxygen atoms in total. The Morgan fingerprint density at radius 2 is 1.93 bits per heavy atom. The summed E-state index contributed by atoms with van der Waals surface area (Å²) in [5.41, 5.74) is 0.961. The van der Waals surface area contributed by atoms with E-state index in [1.807, 2.05) is 13.8 Å². The fourth-order valence-electron chi connectivity index (χ4n) is 3.05. The molecule has 0 fully saturated rings. The summed E-state index contributed by atoms with van der Waals surface area (Å²) >= 11 is 1.42. The number of carbonyl (C=O) groups is 1. The zero-order valence-corrected chi connectivity index (χ0v) is 16.3. The molecule has 0 saturated carbocycles. The van der Waals surface area contributed by atoms with Crippen LogP contribution in [0.5, 0.6) is 0 Å². The number of nitrogens with one attached hydrogen (secondary N) is 2. The molecule has 0 amide bonds. The van der Waals surface area contributed by atoms with Gasteiger partial charge in [-0.05, 0) is 38.5 Å². The maximum absolute atomic E-state index is 12.5. The summed E-state index contributed by atoms with van der Waals surface area (Å²) in [4.78, 5) is 48.8. The highest BCUT2D eigenvalue weighted by molar-refractivity contribution is 7.18. The third-order valence-electron chi connectivity index (χ3n) is 4.68. The molecule has 1 atom stereocenters. The highest BCUT2D eigenvalue weighted by Crippen LogP contribution is 2.27. The van der Waals surface area contributed by atoms with Gasteiger partial charge in [-0.3, -0.25) is 9.59 Å². The van der Waals surface area contributed by atoms with Crippen LogP contribution in [-0.2, 0) is 4.74 Å². The van der Waals surface area contributed by atoms with Crippen molar-refractivity contribution in [1.82, 2.24) is 15.0 Å². The van der Waals surface area contributed by atoms with Gasteiger partial charge in [-0.2, -0.15) is 0 Å². The van der Waals surface area contributed by atoms with Crippen molar-refractivity contribution in [2.24, 2.45) is 0 Å². The Labute approximate surface area is 163 Å². The van der Waals surface area contributed by atoms with Crippen molar-refractivity contribution in [2.45, 2.75) is 26.9 Å². The fraction of sp³-hybridized carbons (Fsp3) is 0.200. The highest BCUT2D eigenvalue weighted by atomic mass is 32.1. The minimum atomic E-state index is -0.790. The zero-order chi connectivity index (χ0) is 20.0. The predicted octanol–water partition coefficient (Wildman–Crippen LogP) is 3.36. The van der Waals surface area contributed by atoms with E-state index in [0.29, 0.717) is 21.1 Å². The second kappa shape index (κ2) is 6.72. The molecule has 1 aromatic carbocycles. The second-order valence-electron chi connectivity index (χ2n) is 6.55. The van der Waals surface area contributed by atoms with Gasteiger partial charge in [0, 0.05) is 21.8 Å². The number of nitrogens with zero attached hydrogens (tertiary/aromatic N) is 1. The van der Waals surface area contributed by atoms with Gasteiger partial charge in [0.15, 0.2) is 17.4 Å². The Hall–Kier alpha value is -3.26. The molecule has 0 aliphatic carbocycles. The van der Waals surface area contributed by atoms with E-state index in [4.69, 9.17) is 4.74 Å². The first-order valence-corrected chi connectivity index (χ1v) is 9.49. The van der Waals surface area contributed by atoms with Crippen LogP contribution in [0.25, 0.3) is 21.1 Å². The number of esters is 1. The van der Waals surface area contributed by atoms with Crippen molar-refractivity contribution >= 4 is 38.4 Å². The smallest absolute Gasteiger partial charge is 0.355 e. The van der Waals surface area contributed by atoms with Crippen molar-refractivity contribution in [3.05, 3.63) is 72.9 Å². The van der Waals surface area contributed by atoms with Gasteiger partial charge in [-0.25, -0.2) is 9.78 Å². The molecule has 0 spiro atoms. The Kier molecular flexibility index (Phi) is 4.35. The predicted molar refractivity (Wildman–Crippen MR) is 108 cm³/mol. The number of thiophene rings is 1. The number of para-hydroxylation sites is 1. The van der Waals surface area contributed by atoms with Crippen LogP contribution in [0.2, 0.25) is 0 Å². The SMILES string of the molecule is Cc1sc2nc([C@H](C)OC(=O)c3cc(=O)c4ccccc4[nH]3)[nH]c(=O)c2c1C. The number of benzene rings is 1. The van der Waals surface area contributed by atoms with Crippen molar-refractivity contribution in [1.29, 1.82) is 0 Å². The number of ether oxygens (including phenoxy) is 1. The summed E-state index contributed by atoms with van der Waals surface area (Å²) in [7, 11) is 0. The van der Waals surface area contributed by atoms with Gasteiger partial charge >= 0.3 is 5.97 Å². The summed E-state index contributed by atoms with van der Waals surface area (Å²) in [6, 6.07) is 8.13. The lowest BCUT2D eigenvalue weighted by Crippen LogP contribution is -2.18. The maximum atomic E-state index is 12.5. The molecule has 2 N–H and O–H groups in total. The van der Waals surface area contributed by atoms with Crippen molar-refractivity contribution in [2.75, 3.05) is 0 Å². The minimum absolute atomic E-state index is 0.0433. The second-order valence-corrected chi connectivity index (χ2v) is 7.76. The first-order valence-electron chi connectivity index (χ1n) is 8.68. The molecule has 0 aliphatic rings. The van der Waals surface area contributed by atoms with Crippen LogP contribution in [0.4, 0.5) is 0 Å². The number of carbonyl (C=O) groups excluding carboxylic acids is 1. The Morgan fingerprint density at radius 3 is 2.71 bits per heavy atom. The van der Waals surface area contributed by atoms with Crippen molar-refractivity contribution < 1.29 is 9.53 Å². The molecule has 142 valence electrons. The number of pyridine rings is 1. The number of H-pyrrole nitrogens is 2. The molecule has 0 bridgehead atoms. The zero-order valence-electron chi connectivity index (χ0n) is 15.5. The summed E-state index contributed by atoms with van der Waals surface area (Å²) in [6.45, 7) is 5.43. The summed E-state index contributed by atoms with van der Waals surface area (Å²) in [6.07, 6.45) is -0.790. The summed E-state index contributed by atoms with van der Waals surface area (Å²) in [5, 5.41) is 1.05. The number of aromatic nitrogens is 3. The molecule has 4 rings (SSSR count). The normalized spacial score (nSPS) is 12.4. The van der Waals surface area contributed by atoms with Gasteiger partial charge in [-0.15, -0.1) is 11.3 Å². The average Bonchev–Trinajstić information content (AvgIpc) is 2.96. The number of aromatic amines is 2. The van der Waals surface area contributed by atoms with Crippen molar-refractivity contribution in [3.8, 4) is 0 Å². The summed E-state index contributed by atoms with van der Waals surface area (Å²) < 4.78 is 5.43. The number of fused-ring (bicyclic) bond motifs is 2. The van der Waals surface area contributed by atoms with E-state index in [1.54, 1.807) is 31.2 Å². The molecule has 3 aromatic heterocycles. The van der Waals surface area contributed by atoms with Crippen LogP contribution in [-0.4, -0.2) is 20.9 Å². The minimum Gasteiger partial charge on any atom is -0.450 e. The van der Waals surface area contributed by atoms with Crippen LogP contribution in [0.1, 0.15) is 39.8 Å². The van der Waals surface area contributed by atoms with Gasteiger partial charge in [0.2, 0.25) is 0 Å². The molecule has 28 heavy (non-hydrogen) atoms. The number of hydrogen-bond acceptors (Lipinski definition) is 6. The van der Waals surface area contributed by atoms with Gasteiger partial charge in [-0.1, -0.05) is 12.1 Å². The van der Waals surface area contributed by atoms with Crippen LogP contribution in [0.3, 0.4) is 0 Å². The Morgan fingerprint density at radius 1 is 1.18 bits per heavy atom. The van der Waals surface area contributed by atoms with Gasteiger partial charge < -0.3 is 14.7 Å². The molecule has 0 unspecified atom stereocenters. The average molecular weight is 395 g/mol. The first kappa shape index (κ1) is 18.1. The summed E-state index contributed by atoms with van der Waals surface area (Å²) in [5.74, 6) is -0.438.